The summed E-state index contributed by atoms with van der Waals surface area (Å²) < 4.78 is 1.59. The molecule has 3 saturated carbocycles. The van der Waals surface area contributed by atoms with Crippen LogP contribution < -0.4 is 16.2 Å². The van der Waals surface area contributed by atoms with Crippen LogP contribution in [0.5, 0.6) is 0 Å². The zero-order valence-corrected chi connectivity index (χ0v) is 20.6. The van der Waals surface area contributed by atoms with Crippen LogP contribution in [-0.4, -0.2) is 31.7 Å². The second kappa shape index (κ2) is 8.27. The van der Waals surface area contributed by atoms with E-state index in [0.717, 1.165) is 23.4 Å². The van der Waals surface area contributed by atoms with Crippen LogP contribution in [0.4, 0.5) is 5.69 Å². The number of anilines is 1. The SMILES string of the molecule is C[C@@H]1[C@H]2C[C@@H](C[C@H]1Nc1cnn(CC(=O)NCc3nc4ccccc4[nH]3)c(=O)c1Br)C2(C)C. The molecule has 3 fully saturated rings. The van der Waals surface area contributed by atoms with Crippen molar-refractivity contribution >= 4 is 38.6 Å². The molecule has 2 heterocycles. The van der Waals surface area contributed by atoms with Crippen LogP contribution in [0.2, 0.25) is 0 Å². The summed E-state index contributed by atoms with van der Waals surface area (Å²) in [5, 5.41) is 10.6. The first-order chi connectivity index (χ1) is 15.7. The number of nitrogens with one attached hydrogen (secondary N) is 3. The number of aromatic nitrogens is 4. The zero-order valence-electron chi connectivity index (χ0n) is 19.1. The second-order valence-corrected chi connectivity index (χ2v) is 10.8. The number of amides is 1. The van der Waals surface area contributed by atoms with Gasteiger partial charge in [0.05, 0.1) is 29.5 Å². The molecule has 6 rings (SSSR count). The Kier molecular flexibility index (Phi) is 5.55. The van der Waals surface area contributed by atoms with E-state index >= 15 is 0 Å². The van der Waals surface area contributed by atoms with Crippen molar-refractivity contribution in [2.75, 3.05) is 5.32 Å². The van der Waals surface area contributed by atoms with E-state index in [4.69, 9.17) is 0 Å². The number of H-pyrrole nitrogens is 1. The molecule has 9 heteroatoms. The largest absolute Gasteiger partial charge is 0.380 e. The van der Waals surface area contributed by atoms with E-state index in [2.05, 4.69) is 62.4 Å². The molecule has 0 aliphatic heterocycles. The number of hydrogen-bond donors (Lipinski definition) is 3. The number of carbonyl (C=O) groups excluding carboxylic acids is 1. The lowest BCUT2D eigenvalue weighted by Crippen LogP contribution is -2.58. The van der Waals surface area contributed by atoms with E-state index in [0.29, 0.717) is 39.3 Å². The van der Waals surface area contributed by atoms with Crippen LogP contribution in [0.1, 0.15) is 39.4 Å². The van der Waals surface area contributed by atoms with Gasteiger partial charge in [-0.15, -0.1) is 0 Å². The van der Waals surface area contributed by atoms with Crippen molar-refractivity contribution in [3.8, 4) is 0 Å². The minimum Gasteiger partial charge on any atom is -0.380 e. The Labute approximate surface area is 200 Å². The monoisotopic (exact) mass is 512 g/mol. The van der Waals surface area contributed by atoms with E-state index in [1.807, 2.05) is 24.3 Å². The quantitative estimate of drug-likeness (QED) is 0.467. The first-order valence-electron chi connectivity index (χ1n) is 11.5. The van der Waals surface area contributed by atoms with Gasteiger partial charge in [0.1, 0.15) is 16.8 Å². The predicted octanol–water partition coefficient (Wildman–Crippen LogP) is 3.68. The van der Waals surface area contributed by atoms with E-state index in [1.165, 1.54) is 11.1 Å². The van der Waals surface area contributed by atoms with Crippen molar-refractivity contribution in [1.29, 1.82) is 0 Å². The van der Waals surface area contributed by atoms with Gasteiger partial charge in [-0.05, 0) is 64.1 Å². The Morgan fingerprint density at radius 1 is 1.30 bits per heavy atom. The van der Waals surface area contributed by atoms with Gasteiger partial charge in [0.15, 0.2) is 0 Å². The molecule has 0 unspecified atom stereocenters. The van der Waals surface area contributed by atoms with Gasteiger partial charge in [-0.1, -0.05) is 32.9 Å². The first kappa shape index (κ1) is 22.1. The van der Waals surface area contributed by atoms with E-state index < -0.39 is 0 Å². The summed E-state index contributed by atoms with van der Waals surface area (Å²) >= 11 is 3.43. The maximum absolute atomic E-state index is 12.8. The average molecular weight is 513 g/mol. The van der Waals surface area contributed by atoms with Gasteiger partial charge in [0, 0.05) is 6.04 Å². The molecule has 3 aliphatic carbocycles. The highest BCUT2D eigenvalue weighted by molar-refractivity contribution is 9.10. The molecular formula is C24H29BrN6O2. The molecule has 0 saturated heterocycles. The summed E-state index contributed by atoms with van der Waals surface area (Å²) in [6.45, 7) is 7.14. The Morgan fingerprint density at radius 2 is 2.09 bits per heavy atom. The van der Waals surface area contributed by atoms with E-state index in [9.17, 15) is 9.59 Å². The summed E-state index contributed by atoms with van der Waals surface area (Å²) in [7, 11) is 0. The molecule has 0 radical (unpaired) electrons. The van der Waals surface area contributed by atoms with Crippen LogP contribution in [0.15, 0.2) is 39.7 Å². The first-order valence-corrected chi connectivity index (χ1v) is 12.3. The smallest absolute Gasteiger partial charge is 0.283 e. The van der Waals surface area contributed by atoms with Crippen LogP contribution in [0, 0.1) is 23.2 Å². The number of nitrogens with zero attached hydrogens (tertiary/aromatic N) is 3. The van der Waals surface area contributed by atoms with Crippen molar-refractivity contribution in [2.45, 2.75) is 52.7 Å². The summed E-state index contributed by atoms with van der Waals surface area (Å²) in [4.78, 5) is 32.9. The van der Waals surface area contributed by atoms with Crippen LogP contribution in [0.3, 0.4) is 0 Å². The summed E-state index contributed by atoms with van der Waals surface area (Å²) in [5.74, 6) is 2.31. The van der Waals surface area contributed by atoms with Gasteiger partial charge in [-0.3, -0.25) is 9.59 Å². The molecule has 0 spiro atoms. The molecule has 2 aromatic heterocycles. The summed E-state index contributed by atoms with van der Waals surface area (Å²) in [6, 6.07) is 8.00. The van der Waals surface area contributed by atoms with Gasteiger partial charge < -0.3 is 15.6 Å². The maximum Gasteiger partial charge on any atom is 0.283 e. The fourth-order valence-corrected chi connectivity index (χ4v) is 6.10. The summed E-state index contributed by atoms with van der Waals surface area (Å²) in [5.41, 5.74) is 2.54. The maximum atomic E-state index is 12.8. The Bertz CT molecular complexity index is 1230. The van der Waals surface area contributed by atoms with Crippen molar-refractivity contribution < 1.29 is 4.79 Å². The molecule has 3 N–H and O–H groups in total. The molecule has 4 atom stereocenters. The molecule has 3 aromatic rings. The number of benzene rings is 1. The third kappa shape index (κ3) is 3.96. The standard InChI is InChI=1S/C24H29BrN6O2/c1-13-15-8-14(24(15,2)3)9-18(13)28-19-10-27-31(23(33)22(19)25)12-21(32)26-11-20-29-16-6-4-5-7-17(16)30-20/h4-7,10,13-15,18,28H,8-9,11-12H2,1-3H3,(H,26,32)(H,29,30)/t13-,14+,15-,18-/m1/s1. The molecule has 33 heavy (non-hydrogen) atoms. The van der Waals surface area contributed by atoms with Gasteiger partial charge in [-0.25, -0.2) is 9.67 Å². The minimum atomic E-state index is -0.326. The number of hydrogen-bond acceptors (Lipinski definition) is 5. The molecule has 3 aliphatic rings. The van der Waals surface area contributed by atoms with Gasteiger partial charge in [0.2, 0.25) is 5.91 Å². The minimum absolute atomic E-state index is 0.157. The fraction of sp³-hybridized carbons (Fsp3) is 0.500. The lowest BCUT2D eigenvalue weighted by atomic mass is 9.45. The molecule has 2 bridgehead atoms. The van der Waals surface area contributed by atoms with Crippen LogP contribution in [-0.2, 0) is 17.9 Å². The number of imidazole rings is 1. The highest BCUT2D eigenvalue weighted by atomic mass is 79.9. The predicted molar refractivity (Wildman–Crippen MR) is 131 cm³/mol. The van der Waals surface area contributed by atoms with Crippen molar-refractivity contribution in [2.24, 2.45) is 23.2 Å². The van der Waals surface area contributed by atoms with E-state index in [-0.39, 0.29) is 24.6 Å². The third-order valence-electron chi connectivity index (χ3n) is 7.86. The third-order valence-corrected chi connectivity index (χ3v) is 8.63. The van der Waals surface area contributed by atoms with Crippen molar-refractivity contribution in [1.82, 2.24) is 25.1 Å². The summed E-state index contributed by atoms with van der Waals surface area (Å²) in [6.07, 6.45) is 4.04. The zero-order chi connectivity index (χ0) is 23.3. The van der Waals surface area contributed by atoms with Crippen molar-refractivity contribution in [3.63, 3.8) is 0 Å². The number of halogens is 1. The molecule has 1 amide bonds. The highest BCUT2D eigenvalue weighted by Crippen LogP contribution is 2.61. The normalized spacial score (nSPS) is 25.5. The number of rotatable bonds is 6. The second-order valence-electron chi connectivity index (χ2n) is 10.0. The molecule has 174 valence electrons. The lowest BCUT2D eigenvalue weighted by Gasteiger charge is -2.62. The van der Waals surface area contributed by atoms with E-state index in [1.54, 1.807) is 6.20 Å². The average Bonchev–Trinajstić information content (AvgIpc) is 3.21. The van der Waals surface area contributed by atoms with Crippen LogP contribution >= 0.6 is 15.9 Å². The molecule has 1 aromatic carbocycles. The lowest BCUT2D eigenvalue weighted by molar-refractivity contribution is -0.122. The number of carbonyl (C=O) groups is 1. The van der Waals surface area contributed by atoms with Gasteiger partial charge >= 0.3 is 0 Å². The number of aromatic amines is 1. The highest BCUT2D eigenvalue weighted by Gasteiger charge is 2.56. The Hall–Kier alpha value is -2.68. The van der Waals surface area contributed by atoms with Crippen LogP contribution in [0.25, 0.3) is 11.0 Å². The Balaban J connectivity index is 1.21. The Morgan fingerprint density at radius 3 is 2.82 bits per heavy atom. The fourth-order valence-electron chi connectivity index (χ4n) is 5.68. The van der Waals surface area contributed by atoms with Gasteiger partial charge in [0.25, 0.3) is 5.56 Å². The number of fused-ring (bicyclic) bond motifs is 3. The molecule has 8 nitrogen and oxygen atoms in total. The molecular weight excluding hydrogens is 484 g/mol. The van der Waals surface area contributed by atoms with Crippen molar-refractivity contribution in [3.05, 3.63) is 51.1 Å². The topological polar surface area (TPSA) is 105 Å². The number of para-hydroxylation sites is 2. The van der Waals surface area contributed by atoms with Gasteiger partial charge in [-0.2, -0.15) is 5.10 Å².